The molecule has 0 bridgehead atoms. The first kappa shape index (κ1) is 15.0. The van der Waals surface area contributed by atoms with Gasteiger partial charge in [0, 0.05) is 6.61 Å². The van der Waals surface area contributed by atoms with Crippen LogP contribution >= 0.6 is 0 Å². The van der Waals surface area contributed by atoms with Gasteiger partial charge in [0.1, 0.15) is 18.2 Å². The smallest absolute Gasteiger partial charge is 0.335 e. The van der Waals surface area contributed by atoms with E-state index in [1.54, 1.807) is 12.1 Å². The van der Waals surface area contributed by atoms with Crippen LogP contribution in [0.15, 0.2) is 42.5 Å². The number of carbonyl (C=O) groups is 1. The van der Waals surface area contributed by atoms with Crippen LogP contribution in [0, 0.1) is 5.82 Å². The van der Waals surface area contributed by atoms with Crippen molar-refractivity contribution in [3.8, 4) is 5.75 Å². The Morgan fingerprint density at radius 2 is 1.81 bits per heavy atom. The summed E-state index contributed by atoms with van der Waals surface area (Å²) in [5, 5.41) is 17.7. The van der Waals surface area contributed by atoms with Crippen LogP contribution in [0.4, 0.5) is 4.39 Å². The summed E-state index contributed by atoms with van der Waals surface area (Å²) in [5.41, 5.74) is 1.34. The Morgan fingerprint density at radius 1 is 1.10 bits per heavy atom. The van der Waals surface area contributed by atoms with E-state index in [-0.39, 0.29) is 18.8 Å². The molecule has 0 aliphatic carbocycles. The van der Waals surface area contributed by atoms with Crippen LogP contribution in [0.1, 0.15) is 21.5 Å². The van der Waals surface area contributed by atoms with Gasteiger partial charge >= 0.3 is 5.97 Å². The van der Waals surface area contributed by atoms with Gasteiger partial charge in [0.15, 0.2) is 0 Å². The van der Waals surface area contributed by atoms with Crippen LogP contribution in [0.3, 0.4) is 0 Å². The van der Waals surface area contributed by atoms with Crippen molar-refractivity contribution in [2.24, 2.45) is 0 Å². The first-order valence-corrected chi connectivity index (χ1v) is 6.44. The molecule has 0 spiro atoms. The standard InChI is InChI=1S/C16H15FO4/c17-14-8-12(7-13(9-14)16(19)20)10-21-15-3-1-11(2-4-15)5-6-18/h1-4,7-9,18H,5-6,10H2,(H,19,20). The minimum absolute atomic E-state index is 0.0807. The number of benzene rings is 2. The molecule has 0 saturated heterocycles. The van der Waals surface area contributed by atoms with Crippen LogP contribution in [-0.2, 0) is 13.0 Å². The topological polar surface area (TPSA) is 66.8 Å². The van der Waals surface area contributed by atoms with E-state index in [4.69, 9.17) is 14.9 Å². The summed E-state index contributed by atoms with van der Waals surface area (Å²) >= 11 is 0. The molecule has 0 aliphatic heterocycles. The number of hydrogen-bond acceptors (Lipinski definition) is 3. The second kappa shape index (κ2) is 6.85. The van der Waals surface area contributed by atoms with Crippen LogP contribution in [0.2, 0.25) is 0 Å². The summed E-state index contributed by atoms with van der Waals surface area (Å²) < 4.78 is 18.8. The molecule has 0 atom stereocenters. The maximum Gasteiger partial charge on any atom is 0.335 e. The average Bonchev–Trinajstić information content (AvgIpc) is 2.46. The van der Waals surface area contributed by atoms with Crippen LogP contribution in [0.5, 0.6) is 5.75 Å². The fourth-order valence-electron chi connectivity index (χ4n) is 1.91. The first-order chi connectivity index (χ1) is 10.1. The number of halogens is 1. The highest BCUT2D eigenvalue weighted by atomic mass is 19.1. The summed E-state index contributed by atoms with van der Waals surface area (Å²) in [7, 11) is 0. The zero-order chi connectivity index (χ0) is 15.2. The predicted molar refractivity (Wildman–Crippen MR) is 74.9 cm³/mol. The Bertz CT molecular complexity index is 623. The zero-order valence-electron chi connectivity index (χ0n) is 11.3. The van der Waals surface area contributed by atoms with E-state index in [1.807, 2.05) is 12.1 Å². The molecule has 0 heterocycles. The number of carboxylic acids is 1. The van der Waals surface area contributed by atoms with Gasteiger partial charge < -0.3 is 14.9 Å². The van der Waals surface area contributed by atoms with Gasteiger partial charge in [-0.15, -0.1) is 0 Å². The Morgan fingerprint density at radius 3 is 2.43 bits per heavy atom. The third kappa shape index (κ3) is 4.29. The highest BCUT2D eigenvalue weighted by Gasteiger charge is 2.07. The van der Waals surface area contributed by atoms with E-state index in [1.165, 1.54) is 12.1 Å². The maximum atomic E-state index is 13.3. The van der Waals surface area contributed by atoms with Crippen molar-refractivity contribution in [3.05, 3.63) is 65.0 Å². The van der Waals surface area contributed by atoms with Gasteiger partial charge in [-0.05, 0) is 47.9 Å². The Kier molecular flexibility index (Phi) is 4.90. The van der Waals surface area contributed by atoms with Crippen molar-refractivity contribution in [2.75, 3.05) is 6.61 Å². The second-order valence-electron chi connectivity index (χ2n) is 4.56. The first-order valence-electron chi connectivity index (χ1n) is 6.44. The number of ether oxygens (including phenoxy) is 1. The quantitative estimate of drug-likeness (QED) is 0.858. The van der Waals surface area contributed by atoms with E-state index >= 15 is 0 Å². The summed E-state index contributed by atoms with van der Waals surface area (Å²) in [6.07, 6.45) is 0.576. The number of hydrogen-bond donors (Lipinski definition) is 2. The molecule has 0 fully saturated rings. The molecule has 21 heavy (non-hydrogen) atoms. The van der Waals surface area contributed by atoms with Crippen molar-refractivity contribution in [3.63, 3.8) is 0 Å². The molecule has 110 valence electrons. The lowest BCUT2D eigenvalue weighted by atomic mass is 10.1. The zero-order valence-corrected chi connectivity index (χ0v) is 11.3. The Balaban J connectivity index is 2.04. The molecule has 2 rings (SSSR count). The molecule has 2 aromatic carbocycles. The summed E-state index contributed by atoms with van der Waals surface area (Å²) in [4.78, 5) is 10.9. The van der Waals surface area contributed by atoms with Gasteiger partial charge in [0.25, 0.3) is 0 Å². The van der Waals surface area contributed by atoms with Crippen molar-refractivity contribution in [1.29, 1.82) is 0 Å². The van der Waals surface area contributed by atoms with Gasteiger partial charge in [0.05, 0.1) is 5.56 Å². The van der Waals surface area contributed by atoms with Gasteiger partial charge in [-0.25, -0.2) is 9.18 Å². The van der Waals surface area contributed by atoms with Crippen molar-refractivity contribution in [1.82, 2.24) is 0 Å². The minimum atomic E-state index is -1.18. The molecule has 0 saturated carbocycles. The lowest BCUT2D eigenvalue weighted by Gasteiger charge is -2.08. The normalized spacial score (nSPS) is 10.4. The van der Waals surface area contributed by atoms with Crippen LogP contribution < -0.4 is 4.74 Å². The number of carboxylic acid groups (broad SMARTS) is 1. The Hall–Kier alpha value is -2.40. The van der Waals surface area contributed by atoms with Gasteiger partial charge in [-0.1, -0.05) is 12.1 Å². The third-order valence-corrected chi connectivity index (χ3v) is 2.93. The fraction of sp³-hybridized carbons (Fsp3) is 0.188. The van der Waals surface area contributed by atoms with Crippen LogP contribution in [0.25, 0.3) is 0 Å². The van der Waals surface area contributed by atoms with E-state index < -0.39 is 11.8 Å². The van der Waals surface area contributed by atoms with E-state index in [0.717, 1.165) is 11.6 Å². The molecule has 5 heteroatoms. The molecule has 0 amide bonds. The predicted octanol–water partition coefficient (Wildman–Crippen LogP) is 2.64. The van der Waals surface area contributed by atoms with Gasteiger partial charge in [-0.2, -0.15) is 0 Å². The molecule has 0 aliphatic rings. The monoisotopic (exact) mass is 290 g/mol. The molecule has 0 unspecified atom stereocenters. The molecule has 4 nitrogen and oxygen atoms in total. The van der Waals surface area contributed by atoms with E-state index in [0.29, 0.717) is 17.7 Å². The summed E-state index contributed by atoms with van der Waals surface area (Å²) in [6, 6.07) is 10.8. The minimum Gasteiger partial charge on any atom is -0.489 e. The third-order valence-electron chi connectivity index (χ3n) is 2.93. The highest BCUT2D eigenvalue weighted by Crippen LogP contribution is 2.16. The number of aromatic carboxylic acids is 1. The number of rotatable bonds is 6. The molecule has 2 aromatic rings. The lowest BCUT2D eigenvalue weighted by Crippen LogP contribution is -2.02. The maximum absolute atomic E-state index is 13.3. The molecule has 0 aromatic heterocycles. The molecular formula is C16H15FO4. The molecule has 0 radical (unpaired) electrons. The summed E-state index contributed by atoms with van der Waals surface area (Å²) in [6.45, 7) is 0.166. The van der Waals surface area contributed by atoms with Gasteiger partial charge in [0.2, 0.25) is 0 Å². The van der Waals surface area contributed by atoms with Crippen molar-refractivity contribution in [2.45, 2.75) is 13.0 Å². The highest BCUT2D eigenvalue weighted by molar-refractivity contribution is 5.87. The van der Waals surface area contributed by atoms with Crippen molar-refractivity contribution >= 4 is 5.97 Å². The average molecular weight is 290 g/mol. The Labute approximate surface area is 121 Å². The SMILES string of the molecule is O=C(O)c1cc(F)cc(COc2ccc(CCO)cc2)c1. The summed E-state index contributed by atoms with van der Waals surface area (Å²) in [5.74, 6) is -1.19. The van der Waals surface area contributed by atoms with E-state index in [2.05, 4.69) is 0 Å². The van der Waals surface area contributed by atoms with Crippen molar-refractivity contribution < 1.29 is 24.1 Å². The second-order valence-corrected chi connectivity index (χ2v) is 4.56. The van der Waals surface area contributed by atoms with Crippen LogP contribution in [-0.4, -0.2) is 22.8 Å². The molecule has 2 N–H and O–H groups in total. The number of aliphatic hydroxyl groups excluding tert-OH is 1. The van der Waals surface area contributed by atoms with E-state index in [9.17, 15) is 9.18 Å². The van der Waals surface area contributed by atoms with Gasteiger partial charge in [-0.3, -0.25) is 0 Å². The largest absolute Gasteiger partial charge is 0.489 e. The number of aliphatic hydroxyl groups is 1. The fourth-order valence-corrected chi connectivity index (χ4v) is 1.91. The lowest BCUT2D eigenvalue weighted by molar-refractivity contribution is 0.0696. The molecular weight excluding hydrogens is 275 g/mol.